The zero-order valence-corrected chi connectivity index (χ0v) is 11.8. The van der Waals surface area contributed by atoms with Gasteiger partial charge in [-0.1, -0.05) is 30.3 Å². The highest BCUT2D eigenvalue weighted by Gasteiger charge is 2.13. The number of nitrogens with zero attached hydrogens (tertiary/aromatic N) is 4. The zero-order chi connectivity index (χ0) is 15.4. The van der Waals surface area contributed by atoms with Gasteiger partial charge >= 0.3 is 0 Å². The number of hydrogen-bond acceptors (Lipinski definition) is 7. The highest BCUT2D eigenvalue weighted by atomic mass is 16.5. The predicted octanol–water partition coefficient (Wildman–Crippen LogP) is 2.32. The fourth-order valence-electron chi connectivity index (χ4n) is 1.84. The summed E-state index contributed by atoms with van der Waals surface area (Å²) in [5.74, 6) is 1.34. The summed E-state index contributed by atoms with van der Waals surface area (Å²) in [5.41, 5.74) is 6.98. The van der Waals surface area contributed by atoms with Gasteiger partial charge in [0.1, 0.15) is 11.4 Å². The van der Waals surface area contributed by atoms with Crippen LogP contribution in [0.4, 0.5) is 5.95 Å². The molecule has 0 amide bonds. The molecule has 22 heavy (non-hydrogen) atoms. The Labute approximate surface area is 126 Å². The average molecular weight is 295 g/mol. The van der Waals surface area contributed by atoms with Gasteiger partial charge in [0, 0.05) is 11.6 Å². The maximum atomic E-state index is 5.71. The summed E-state index contributed by atoms with van der Waals surface area (Å²) in [7, 11) is 1.55. The molecular formula is C15H13N5O2. The smallest absolute Gasteiger partial charge is 0.265 e. The van der Waals surface area contributed by atoms with Gasteiger partial charge < -0.3 is 15.2 Å². The van der Waals surface area contributed by atoms with Crippen LogP contribution in [0.25, 0.3) is 11.3 Å². The van der Waals surface area contributed by atoms with Crippen molar-refractivity contribution in [1.29, 1.82) is 0 Å². The lowest BCUT2D eigenvalue weighted by atomic mass is 10.1. The molecule has 0 aliphatic rings. The first-order chi connectivity index (χ1) is 10.8. The molecule has 2 heterocycles. The molecular weight excluding hydrogens is 282 g/mol. The Morgan fingerprint density at radius 1 is 1.00 bits per heavy atom. The molecule has 0 saturated carbocycles. The fraction of sp³-hybridized carbons (Fsp3) is 0.0667. The van der Waals surface area contributed by atoms with Crippen molar-refractivity contribution in [1.82, 2.24) is 20.2 Å². The molecule has 0 aliphatic carbocycles. The van der Waals surface area contributed by atoms with Crippen LogP contribution in [-0.4, -0.2) is 27.3 Å². The second-order valence-electron chi connectivity index (χ2n) is 4.33. The molecule has 7 nitrogen and oxygen atoms in total. The molecule has 2 aromatic heterocycles. The van der Waals surface area contributed by atoms with Crippen molar-refractivity contribution in [3.63, 3.8) is 0 Å². The van der Waals surface area contributed by atoms with E-state index < -0.39 is 0 Å². The zero-order valence-electron chi connectivity index (χ0n) is 11.8. The first-order valence-corrected chi connectivity index (χ1v) is 6.50. The minimum absolute atomic E-state index is 0.0825. The summed E-state index contributed by atoms with van der Waals surface area (Å²) in [5, 5.41) is 7.72. The number of methoxy groups -OCH3 is 1. The van der Waals surface area contributed by atoms with Crippen molar-refractivity contribution < 1.29 is 9.47 Å². The van der Waals surface area contributed by atoms with Crippen LogP contribution in [0.15, 0.2) is 48.7 Å². The molecule has 2 N–H and O–H groups in total. The number of anilines is 1. The Hall–Kier alpha value is -3.22. The van der Waals surface area contributed by atoms with Crippen LogP contribution in [-0.2, 0) is 0 Å². The molecule has 7 heteroatoms. The van der Waals surface area contributed by atoms with E-state index in [0.29, 0.717) is 17.3 Å². The molecule has 0 aliphatic heterocycles. The first-order valence-electron chi connectivity index (χ1n) is 6.50. The number of ether oxygens (including phenoxy) is 2. The summed E-state index contributed by atoms with van der Waals surface area (Å²) in [6.45, 7) is 0. The Bertz CT molecular complexity index is 763. The van der Waals surface area contributed by atoms with Gasteiger partial charge in [-0.25, -0.2) is 9.97 Å². The third kappa shape index (κ3) is 2.93. The number of nitrogen functional groups attached to an aromatic ring is 1. The van der Waals surface area contributed by atoms with Crippen molar-refractivity contribution in [2.45, 2.75) is 0 Å². The lowest BCUT2D eigenvalue weighted by Gasteiger charge is -2.09. The van der Waals surface area contributed by atoms with Crippen molar-refractivity contribution in [2.24, 2.45) is 0 Å². The van der Waals surface area contributed by atoms with Crippen LogP contribution in [0, 0.1) is 0 Å². The van der Waals surface area contributed by atoms with Gasteiger partial charge in [0.05, 0.1) is 13.3 Å². The van der Waals surface area contributed by atoms with Crippen LogP contribution >= 0.6 is 0 Å². The van der Waals surface area contributed by atoms with Crippen LogP contribution in [0.5, 0.6) is 17.5 Å². The van der Waals surface area contributed by atoms with E-state index in [1.165, 1.54) is 6.20 Å². The summed E-state index contributed by atoms with van der Waals surface area (Å²) < 4.78 is 10.7. The van der Waals surface area contributed by atoms with E-state index in [-0.39, 0.29) is 11.8 Å². The topological polar surface area (TPSA) is 96.0 Å². The van der Waals surface area contributed by atoms with E-state index in [2.05, 4.69) is 20.2 Å². The number of benzene rings is 1. The van der Waals surface area contributed by atoms with Crippen LogP contribution in [0.2, 0.25) is 0 Å². The van der Waals surface area contributed by atoms with E-state index in [9.17, 15) is 0 Å². The molecule has 1 aromatic carbocycles. The van der Waals surface area contributed by atoms with E-state index in [1.807, 2.05) is 30.3 Å². The van der Waals surface area contributed by atoms with Gasteiger partial charge in [0.15, 0.2) is 0 Å². The quantitative estimate of drug-likeness (QED) is 0.788. The number of pyridine rings is 1. The fourth-order valence-corrected chi connectivity index (χ4v) is 1.84. The van der Waals surface area contributed by atoms with Crippen LogP contribution in [0.1, 0.15) is 0 Å². The highest BCUT2D eigenvalue weighted by molar-refractivity contribution is 5.65. The van der Waals surface area contributed by atoms with E-state index in [0.717, 1.165) is 5.56 Å². The third-order valence-electron chi connectivity index (χ3n) is 2.85. The molecule has 0 bridgehead atoms. The molecule has 0 radical (unpaired) electrons. The molecule has 110 valence electrons. The molecule has 3 aromatic rings. The minimum Gasteiger partial charge on any atom is -0.481 e. The van der Waals surface area contributed by atoms with Gasteiger partial charge in [0.25, 0.3) is 5.88 Å². The minimum atomic E-state index is 0.0825. The molecule has 0 atom stereocenters. The van der Waals surface area contributed by atoms with Gasteiger partial charge in [0.2, 0.25) is 11.8 Å². The van der Waals surface area contributed by atoms with Gasteiger partial charge in [-0.2, -0.15) is 0 Å². The molecule has 0 saturated heterocycles. The Morgan fingerprint density at radius 3 is 2.50 bits per heavy atom. The van der Waals surface area contributed by atoms with Crippen molar-refractivity contribution in [3.05, 3.63) is 48.7 Å². The molecule has 3 rings (SSSR count). The number of rotatable bonds is 4. The molecule has 0 unspecified atom stereocenters. The SMILES string of the molecule is COc1ccc(Oc2nnc(N)nc2-c2ccccc2)cn1. The van der Waals surface area contributed by atoms with E-state index in [4.69, 9.17) is 15.2 Å². The first kappa shape index (κ1) is 13.7. The Kier molecular flexibility index (Phi) is 3.78. The summed E-state index contributed by atoms with van der Waals surface area (Å²) >= 11 is 0. The normalized spacial score (nSPS) is 10.2. The highest BCUT2D eigenvalue weighted by Crippen LogP contribution is 2.29. The largest absolute Gasteiger partial charge is 0.481 e. The average Bonchev–Trinajstić information content (AvgIpc) is 2.58. The second-order valence-corrected chi connectivity index (χ2v) is 4.33. The maximum Gasteiger partial charge on any atom is 0.265 e. The molecule has 0 fully saturated rings. The Balaban J connectivity index is 1.96. The third-order valence-corrected chi connectivity index (χ3v) is 2.85. The standard InChI is InChI=1S/C15H13N5O2/c1-21-12-8-7-11(9-17-12)22-14-13(18-15(16)20-19-14)10-5-3-2-4-6-10/h2-9H,1H3,(H2,16,18,20). The summed E-state index contributed by atoms with van der Waals surface area (Å²) in [6.07, 6.45) is 1.53. The van der Waals surface area contributed by atoms with Crippen molar-refractivity contribution in [3.8, 4) is 28.8 Å². The monoisotopic (exact) mass is 295 g/mol. The Morgan fingerprint density at radius 2 is 1.82 bits per heavy atom. The van der Waals surface area contributed by atoms with Crippen molar-refractivity contribution in [2.75, 3.05) is 12.8 Å². The number of aromatic nitrogens is 4. The summed E-state index contributed by atoms with van der Waals surface area (Å²) in [4.78, 5) is 8.28. The lowest BCUT2D eigenvalue weighted by Crippen LogP contribution is -2.02. The van der Waals surface area contributed by atoms with Gasteiger partial charge in [-0.3, -0.25) is 0 Å². The maximum absolute atomic E-state index is 5.71. The second kappa shape index (κ2) is 6.04. The number of hydrogen-bond donors (Lipinski definition) is 1. The van der Waals surface area contributed by atoms with Crippen LogP contribution < -0.4 is 15.2 Å². The molecule has 0 spiro atoms. The predicted molar refractivity (Wildman–Crippen MR) is 80.5 cm³/mol. The van der Waals surface area contributed by atoms with Crippen LogP contribution in [0.3, 0.4) is 0 Å². The van der Waals surface area contributed by atoms with E-state index >= 15 is 0 Å². The van der Waals surface area contributed by atoms with E-state index in [1.54, 1.807) is 19.2 Å². The summed E-state index contributed by atoms with van der Waals surface area (Å²) in [6, 6.07) is 12.9. The lowest BCUT2D eigenvalue weighted by molar-refractivity contribution is 0.393. The van der Waals surface area contributed by atoms with Crippen molar-refractivity contribution >= 4 is 5.95 Å². The van der Waals surface area contributed by atoms with Gasteiger partial charge in [-0.05, 0) is 6.07 Å². The van der Waals surface area contributed by atoms with Gasteiger partial charge in [-0.15, -0.1) is 10.2 Å². The number of nitrogens with two attached hydrogens (primary N) is 1.